The summed E-state index contributed by atoms with van der Waals surface area (Å²) in [6, 6.07) is 7.57. The second kappa shape index (κ2) is 4.10. The molecule has 0 amide bonds. The predicted molar refractivity (Wildman–Crippen MR) is 69.2 cm³/mol. The summed E-state index contributed by atoms with van der Waals surface area (Å²) < 4.78 is 10.6. The summed E-state index contributed by atoms with van der Waals surface area (Å²) in [6.07, 6.45) is 1.64. The van der Waals surface area contributed by atoms with E-state index in [0.29, 0.717) is 5.69 Å². The van der Waals surface area contributed by atoms with E-state index in [4.69, 9.17) is 15.2 Å². The number of ether oxygens (including phenoxy) is 2. The zero-order chi connectivity index (χ0) is 12.5. The Bertz CT molecular complexity index is 599. The van der Waals surface area contributed by atoms with E-state index in [1.807, 2.05) is 31.2 Å². The summed E-state index contributed by atoms with van der Waals surface area (Å²) in [5.74, 6) is 2.26. The molecule has 1 aromatic heterocycles. The van der Waals surface area contributed by atoms with Crippen molar-refractivity contribution in [2.24, 2.45) is 0 Å². The number of aromatic nitrogens is 1. The number of anilines is 3. The van der Waals surface area contributed by atoms with Crippen molar-refractivity contribution < 1.29 is 9.47 Å². The number of hydrogen-bond acceptors (Lipinski definition) is 5. The van der Waals surface area contributed by atoms with Gasteiger partial charge in [0.15, 0.2) is 11.5 Å². The largest absolute Gasteiger partial charge is 0.454 e. The normalized spacial score (nSPS) is 12.5. The molecule has 18 heavy (non-hydrogen) atoms. The third-order valence-electron chi connectivity index (χ3n) is 2.80. The average Bonchev–Trinajstić information content (AvgIpc) is 2.81. The first-order valence-corrected chi connectivity index (χ1v) is 5.61. The summed E-state index contributed by atoms with van der Waals surface area (Å²) >= 11 is 0. The molecule has 0 spiro atoms. The highest BCUT2D eigenvalue weighted by atomic mass is 16.7. The Hall–Kier alpha value is -2.43. The molecule has 0 aliphatic carbocycles. The molecule has 3 N–H and O–H groups in total. The highest BCUT2D eigenvalue weighted by Gasteiger charge is 2.13. The van der Waals surface area contributed by atoms with Crippen LogP contribution in [0.25, 0.3) is 0 Å². The number of rotatable bonds is 2. The van der Waals surface area contributed by atoms with Crippen LogP contribution in [-0.4, -0.2) is 11.8 Å². The number of nitrogens with one attached hydrogen (secondary N) is 1. The fraction of sp³-hybridized carbons (Fsp3) is 0.154. The van der Waals surface area contributed by atoms with Crippen molar-refractivity contribution in [2.75, 3.05) is 17.8 Å². The fourth-order valence-electron chi connectivity index (χ4n) is 1.76. The van der Waals surface area contributed by atoms with Gasteiger partial charge in [-0.25, -0.2) is 4.98 Å². The van der Waals surface area contributed by atoms with E-state index in [9.17, 15) is 0 Å². The maximum absolute atomic E-state index is 5.73. The summed E-state index contributed by atoms with van der Waals surface area (Å²) in [5, 5.41) is 3.20. The zero-order valence-electron chi connectivity index (χ0n) is 9.93. The van der Waals surface area contributed by atoms with Gasteiger partial charge >= 0.3 is 0 Å². The van der Waals surface area contributed by atoms with E-state index < -0.39 is 0 Å². The lowest BCUT2D eigenvalue weighted by Gasteiger charge is -2.08. The highest BCUT2D eigenvalue weighted by Crippen LogP contribution is 2.34. The Morgan fingerprint density at radius 2 is 2.06 bits per heavy atom. The third kappa shape index (κ3) is 1.90. The molecule has 0 saturated heterocycles. The molecule has 92 valence electrons. The quantitative estimate of drug-likeness (QED) is 0.847. The van der Waals surface area contributed by atoms with Crippen LogP contribution in [0, 0.1) is 6.92 Å². The first kappa shape index (κ1) is 10.7. The number of nitrogens with two attached hydrogens (primary N) is 1. The predicted octanol–water partition coefficient (Wildman–Crippen LogP) is 2.44. The zero-order valence-corrected chi connectivity index (χ0v) is 9.93. The summed E-state index contributed by atoms with van der Waals surface area (Å²) in [5.41, 5.74) is 8.31. The van der Waals surface area contributed by atoms with E-state index in [0.717, 1.165) is 28.6 Å². The van der Waals surface area contributed by atoms with Gasteiger partial charge in [0.1, 0.15) is 5.82 Å². The molecule has 5 nitrogen and oxygen atoms in total. The van der Waals surface area contributed by atoms with Crippen LogP contribution in [0.2, 0.25) is 0 Å². The van der Waals surface area contributed by atoms with Gasteiger partial charge in [-0.15, -0.1) is 0 Å². The molecule has 0 atom stereocenters. The van der Waals surface area contributed by atoms with Crippen molar-refractivity contribution in [3.63, 3.8) is 0 Å². The van der Waals surface area contributed by atoms with Crippen LogP contribution >= 0.6 is 0 Å². The molecular weight excluding hydrogens is 230 g/mol. The van der Waals surface area contributed by atoms with Crippen molar-refractivity contribution in [2.45, 2.75) is 6.92 Å². The number of hydrogen-bond donors (Lipinski definition) is 2. The lowest BCUT2D eigenvalue weighted by Crippen LogP contribution is -1.97. The van der Waals surface area contributed by atoms with Gasteiger partial charge in [0, 0.05) is 11.8 Å². The summed E-state index contributed by atoms with van der Waals surface area (Å²) in [4.78, 5) is 4.22. The maximum atomic E-state index is 5.73. The van der Waals surface area contributed by atoms with Gasteiger partial charge in [0.25, 0.3) is 0 Å². The van der Waals surface area contributed by atoms with Crippen molar-refractivity contribution in [3.05, 3.63) is 36.0 Å². The van der Waals surface area contributed by atoms with Gasteiger partial charge in [-0.1, -0.05) is 0 Å². The SMILES string of the molecule is Cc1cc(Nc2ccc3c(c2)OCO3)ncc1N. The third-order valence-corrected chi connectivity index (χ3v) is 2.80. The van der Waals surface area contributed by atoms with Gasteiger partial charge in [0.2, 0.25) is 6.79 Å². The minimum absolute atomic E-state index is 0.276. The van der Waals surface area contributed by atoms with Gasteiger partial charge < -0.3 is 20.5 Å². The van der Waals surface area contributed by atoms with Crippen LogP contribution in [0.1, 0.15) is 5.56 Å². The molecule has 0 radical (unpaired) electrons. The number of nitrogens with zero attached hydrogens (tertiary/aromatic N) is 1. The number of aryl methyl sites for hydroxylation is 1. The van der Waals surface area contributed by atoms with E-state index in [1.54, 1.807) is 6.20 Å². The lowest BCUT2D eigenvalue weighted by atomic mass is 10.2. The Labute approximate surface area is 105 Å². The summed E-state index contributed by atoms with van der Waals surface area (Å²) in [6.45, 7) is 2.22. The monoisotopic (exact) mass is 243 g/mol. The van der Waals surface area contributed by atoms with E-state index in [2.05, 4.69) is 10.3 Å². The molecule has 0 saturated carbocycles. The number of pyridine rings is 1. The molecule has 0 unspecified atom stereocenters. The molecule has 0 fully saturated rings. The minimum Gasteiger partial charge on any atom is -0.454 e. The molecule has 1 aliphatic heterocycles. The van der Waals surface area contributed by atoms with Crippen LogP contribution in [-0.2, 0) is 0 Å². The van der Waals surface area contributed by atoms with Gasteiger partial charge in [0.05, 0.1) is 11.9 Å². The molecule has 0 bridgehead atoms. The molecule has 2 aromatic rings. The standard InChI is InChI=1S/C13H13N3O2/c1-8-4-13(15-6-10(8)14)16-9-2-3-11-12(5-9)18-7-17-11/h2-6H,7,14H2,1H3,(H,15,16). The van der Waals surface area contributed by atoms with Crippen LogP contribution < -0.4 is 20.5 Å². The average molecular weight is 243 g/mol. The molecule has 5 heteroatoms. The second-order valence-electron chi connectivity index (χ2n) is 4.12. The molecule has 3 rings (SSSR count). The number of fused-ring (bicyclic) bond motifs is 1. The maximum Gasteiger partial charge on any atom is 0.231 e. The molecule has 2 heterocycles. The Balaban J connectivity index is 1.85. The van der Waals surface area contributed by atoms with E-state index >= 15 is 0 Å². The number of nitrogen functional groups attached to an aromatic ring is 1. The smallest absolute Gasteiger partial charge is 0.231 e. The molecule has 1 aliphatic rings. The highest BCUT2D eigenvalue weighted by molar-refractivity contribution is 5.63. The topological polar surface area (TPSA) is 69.4 Å². The lowest BCUT2D eigenvalue weighted by molar-refractivity contribution is 0.174. The van der Waals surface area contributed by atoms with Gasteiger partial charge in [-0.3, -0.25) is 0 Å². The van der Waals surface area contributed by atoms with Crippen LogP contribution in [0.4, 0.5) is 17.2 Å². The Morgan fingerprint density at radius 1 is 1.22 bits per heavy atom. The molecular formula is C13H13N3O2. The van der Waals surface area contributed by atoms with Crippen molar-refractivity contribution >= 4 is 17.2 Å². The van der Waals surface area contributed by atoms with Crippen LogP contribution in [0.15, 0.2) is 30.5 Å². The van der Waals surface area contributed by atoms with E-state index in [1.165, 1.54) is 0 Å². The minimum atomic E-state index is 0.276. The Morgan fingerprint density at radius 3 is 2.89 bits per heavy atom. The number of benzene rings is 1. The Kier molecular flexibility index (Phi) is 2.44. The van der Waals surface area contributed by atoms with Gasteiger partial charge in [-0.05, 0) is 30.7 Å². The van der Waals surface area contributed by atoms with Crippen molar-refractivity contribution in [1.29, 1.82) is 0 Å². The van der Waals surface area contributed by atoms with Gasteiger partial charge in [-0.2, -0.15) is 0 Å². The van der Waals surface area contributed by atoms with E-state index in [-0.39, 0.29) is 6.79 Å². The van der Waals surface area contributed by atoms with Crippen LogP contribution in [0.3, 0.4) is 0 Å². The molecule has 1 aromatic carbocycles. The summed E-state index contributed by atoms with van der Waals surface area (Å²) in [7, 11) is 0. The first-order valence-electron chi connectivity index (χ1n) is 5.61. The second-order valence-corrected chi connectivity index (χ2v) is 4.12. The first-order chi connectivity index (χ1) is 8.72. The van der Waals surface area contributed by atoms with Crippen molar-refractivity contribution in [1.82, 2.24) is 4.98 Å². The fourth-order valence-corrected chi connectivity index (χ4v) is 1.76. The van der Waals surface area contributed by atoms with Crippen molar-refractivity contribution in [3.8, 4) is 11.5 Å². The van der Waals surface area contributed by atoms with Crippen LogP contribution in [0.5, 0.6) is 11.5 Å².